The zero-order chi connectivity index (χ0) is 18.1. The molecule has 0 spiro atoms. The molecule has 0 aliphatic rings. The van der Waals surface area contributed by atoms with Gasteiger partial charge in [0.15, 0.2) is 5.13 Å². The van der Waals surface area contributed by atoms with Gasteiger partial charge < -0.3 is 5.32 Å². The third-order valence-electron chi connectivity index (χ3n) is 3.91. The molecule has 2 heterocycles. The van der Waals surface area contributed by atoms with Crippen LogP contribution in [0, 0.1) is 5.82 Å². The van der Waals surface area contributed by atoms with Gasteiger partial charge in [-0.15, -0.1) is 0 Å². The lowest BCUT2D eigenvalue weighted by Gasteiger charge is -2.06. The van der Waals surface area contributed by atoms with Gasteiger partial charge in [-0.05, 0) is 30.3 Å². The van der Waals surface area contributed by atoms with Crippen LogP contribution in [0.15, 0.2) is 53.6 Å². The van der Waals surface area contributed by atoms with E-state index in [-0.39, 0.29) is 30.2 Å². The van der Waals surface area contributed by atoms with Crippen molar-refractivity contribution >= 4 is 43.5 Å². The van der Waals surface area contributed by atoms with Gasteiger partial charge in [-0.1, -0.05) is 23.5 Å². The fourth-order valence-electron chi connectivity index (χ4n) is 2.62. The summed E-state index contributed by atoms with van der Waals surface area (Å²) in [5, 5.41) is 3.61. The van der Waals surface area contributed by atoms with Crippen LogP contribution < -0.4 is 10.9 Å². The Labute approximate surface area is 150 Å². The highest BCUT2D eigenvalue weighted by molar-refractivity contribution is 7.22. The summed E-state index contributed by atoms with van der Waals surface area (Å²) in [5.74, 6) is -0.619. The van der Waals surface area contributed by atoms with Gasteiger partial charge >= 0.3 is 0 Å². The molecule has 4 rings (SSSR count). The molecule has 0 radical (unpaired) electrons. The van der Waals surface area contributed by atoms with E-state index in [1.54, 1.807) is 24.3 Å². The Morgan fingerprint density at radius 2 is 2.04 bits per heavy atom. The monoisotopic (exact) mass is 368 g/mol. The molecule has 0 unspecified atom stereocenters. The number of amides is 1. The van der Waals surface area contributed by atoms with Crippen molar-refractivity contribution < 1.29 is 9.18 Å². The van der Waals surface area contributed by atoms with E-state index in [0.717, 1.165) is 0 Å². The number of nitrogens with one attached hydrogen (secondary N) is 1. The first-order chi connectivity index (χ1) is 12.6. The molecule has 0 aliphatic carbocycles. The molecule has 0 bridgehead atoms. The van der Waals surface area contributed by atoms with Crippen molar-refractivity contribution in [1.29, 1.82) is 0 Å². The zero-order valence-corrected chi connectivity index (χ0v) is 14.3. The molecule has 2 aromatic heterocycles. The number of para-hydroxylation sites is 1. The topological polar surface area (TPSA) is 76.9 Å². The molecule has 6 nitrogen and oxygen atoms in total. The summed E-state index contributed by atoms with van der Waals surface area (Å²) in [5.41, 5.74) is 1.07. The summed E-state index contributed by atoms with van der Waals surface area (Å²) in [4.78, 5) is 33.0. The van der Waals surface area contributed by atoms with E-state index in [0.29, 0.717) is 26.3 Å². The number of aryl methyl sites for hydroxylation is 1. The van der Waals surface area contributed by atoms with Gasteiger partial charge in [0.2, 0.25) is 5.91 Å². The molecule has 1 amide bonds. The molecule has 1 N–H and O–H groups in total. The average Bonchev–Trinajstić information content (AvgIpc) is 3.02. The number of nitrogens with zero attached hydrogens (tertiary/aromatic N) is 3. The van der Waals surface area contributed by atoms with Crippen molar-refractivity contribution in [2.45, 2.75) is 13.0 Å². The van der Waals surface area contributed by atoms with E-state index in [2.05, 4.69) is 15.3 Å². The number of benzene rings is 2. The van der Waals surface area contributed by atoms with E-state index >= 15 is 0 Å². The van der Waals surface area contributed by atoms with E-state index in [9.17, 15) is 14.0 Å². The maximum Gasteiger partial charge on any atom is 0.261 e. The molecule has 8 heteroatoms. The number of rotatable bonds is 4. The average molecular weight is 368 g/mol. The Morgan fingerprint density at radius 3 is 2.92 bits per heavy atom. The van der Waals surface area contributed by atoms with Crippen molar-refractivity contribution in [3.8, 4) is 0 Å². The summed E-state index contributed by atoms with van der Waals surface area (Å²) < 4.78 is 15.3. The minimum absolute atomic E-state index is 0.101. The Kier molecular flexibility index (Phi) is 4.18. The molecule has 0 saturated carbocycles. The predicted molar refractivity (Wildman–Crippen MR) is 98.8 cm³/mol. The summed E-state index contributed by atoms with van der Waals surface area (Å²) >= 11 is 1.20. The van der Waals surface area contributed by atoms with E-state index < -0.39 is 0 Å². The van der Waals surface area contributed by atoms with Gasteiger partial charge in [-0.25, -0.2) is 14.4 Å². The van der Waals surface area contributed by atoms with Gasteiger partial charge in [0, 0.05) is 13.0 Å². The van der Waals surface area contributed by atoms with Crippen molar-refractivity contribution in [2.24, 2.45) is 0 Å². The number of carbonyl (C=O) groups is 1. The van der Waals surface area contributed by atoms with Gasteiger partial charge in [0.1, 0.15) is 5.82 Å². The van der Waals surface area contributed by atoms with Crippen LogP contribution in [-0.2, 0) is 11.3 Å². The first-order valence-electron chi connectivity index (χ1n) is 7.90. The Hall–Kier alpha value is -3.13. The van der Waals surface area contributed by atoms with Crippen LogP contribution in [0.1, 0.15) is 6.42 Å². The van der Waals surface area contributed by atoms with E-state index in [4.69, 9.17) is 0 Å². The lowest BCUT2D eigenvalue weighted by atomic mass is 10.2. The van der Waals surface area contributed by atoms with Gasteiger partial charge in [0.05, 0.1) is 27.4 Å². The number of hydrogen-bond acceptors (Lipinski definition) is 5. The third-order valence-corrected chi connectivity index (χ3v) is 4.84. The standard InChI is InChI=1S/C18H13FN4O2S/c19-11-5-6-14-15(9-11)26-18(21-14)22-16(24)7-8-23-10-20-13-4-2-1-3-12(13)17(23)25/h1-6,9-10H,7-8H2,(H,21,22,24). The van der Waals surface area contributed by atoms with Gasteiger partial charge in [-0.3, -0.25) is 14.2 Å². The van der Waals surface area contributed by atoms with Crippen LogP contribution >= 0.6 is 11.3 Å². The fraction of sp³-hybridized carbons (Fsp3) is 0.111. The molecule has 2 aromatic carbocycles. The number of fused-ring (bicyclic) bond motifs is 2. The number of aromatic nitrogens is 3. The molecule has 0 aliphatic heterocycles. The Bertz CT molecular complexity index is 1180. The first kappa shape index (κ1) is 16.3. The molecule has 26 heavy (non-hydrogen) atoms. The number of carbonyl (C=O) groups excluding carboxylic acids is 1. The number of thiazole rings is 1. The van der Waals surface area contributed by atoms with Crippen LogP contribution in [0.3, 0.4) is 0 Å². The fourth-order valence-corrected chi connectivity index (χ4v) is 3.53. The summed E-state index contributed by atoms with van der Waals surface area (Å²) in [6, 6.07) is 11.3. The quantitative estimate of drug-likeness (QED) is 0.600. The third kappa shape index (κ3) is 3.18. The smallest absolute Gasteiger partial charge is 0.261 e. The Morgan fingerprint density at radius 1 is 1.19 bits per heavy atom. The maximum absolute atomic E-state index is 13.2. The lowest BCUT2D eigenvalue weighted by molar-refractivity contribution is -0.116. The second kappa shape index (κ2) is 6.64. The minimum atomic E-state index is -0.345. The number of halogens is 1. The van der Waals surface area contributed by atoms with E-state index in [1.165, 1.54) is 34.4 Å². The summed E-state index contributed by atoms with van der Waals surface area (Å²) in [7, 11) is 0. The number of hydrogen-bond donors (Lipinski definition) is 1. The second-order valence-corrected chi connectivity index (χ2v) is 6.72. The van der Waals surface area contributed by atoms with Crippen LogP contribution in [0.25, 0.3) is 21.1 Å². The van der Waals surface area contributed by atoms with Crippen LogP contribution in [-0.4, -0.2) is 20.4 Å². The van der Waals surface area contributed by atoms with Crippen molar-refractivity contribution in [2.75, 3.05) is 5.32 Å². The molecule has 0 atom stereocenters. The molecule has 0 saturated heterocycles. The molecular weight excluding hydrogens is 355 g/mol. The largest absolute Gasteiger partial charge is 0.302 e. The van der Waals surface area contributed by atoms with E-state index in [1.807, 2.05) is 6.07 Å². The normalized spacial score (nSPS) is 11.1. The molecule has 4 aromatic rings. The highest BCUT2D eigenvalue weighted by atomic mass is 32.1. The van der Waals surface area contributed by atoms with Crippen LogP contribution in [0.2, 0.25) is 0 Å². The number of anilines is 1. The minimum Gasteiger partial charge on any atom is -0.302 e. The summed E-state index contributed by atoms with van der Waals surface area (Å²) in [6.45, 7) is 0.210. The SMILES string of the molecule is O=C(CCn1cnc2ccccc2c1=O)Nc1nc2ccc(F)cc2s1. The van der Waals surface area contributed by atoms with Crippen molar-refractivity contribution in [3.05, 3.63) is 65.0 Å². The van der Waals surface area contributed by atoms with Crippen LogP contribution in [0.5, 0.6) is 0 Å². The molecular formula is C18H13FN4O2S. The maximum atomic E-state index is 13.2. The summed E-state index contributed by atoms with van der Waals surface area (Å²) in [6.07, 6.45) is 1.54. The first-order valence-corrected chi connectivity index (χ1v) is 8.72. The highest BCUT2D eigenvalue weighted by Crippen LogP contribution is 2.26. The van der Waals surface area contributed by atoms with Crippen LogP contribution in [0.4, 0.5) is 9.52 Å². The predicted octanol–water partition coefficient (Wildman–Crippen LogP) is 3.17. The molecule has 130 valence electrons. The molecule has 0 fully saturated rings. The second-order valence-electron chi connectivity index (χ2n) is 5.69. The van der Waals surface area contributed by atoms with Gasteiger partial charge in [0.25, 0.3) is 5.56 Å². The zero-order valence-electron chi connectivity index (χ0n) is 13.5. The van der Waals surface area contributed by atoms with Crippen molar-refractivity contribution in [1.82, 2.24) is 14.5 Å². The highest BCUT2D eigenvalue weighted by Gasteiger charge is 2.10. The van der Waals surface area contributed by atoms with Crippen molar-refractivity contribution in [3.63, 3.8) is 0 Å². The van der Waals surface area contributed by atoms with Gasteiger partial charge in [-0.2, -0.15) is 0 Å². The lowest BCUT2D eigenvalue weighted by Crippen LogP contribution is -2.23. The Balaban J connectivity index is 1.46.